The van der Waals surface area contributed by atoms with E-state index in [2.05, 4.69) is 11.9 Å². The zero-order chi connectivity index (χ0) is 13.6. The average Bonchev–Trinajstić information content (AvgIpc) is 2.64. The lowest BCUT2D eigenvalue weighted by Crippen LogP contribution is -2.42. The second-order valence-electron chi connectivity index (χ2n) is 6.00. The molecule has 3 heteroatoms. The number of benzene rings is 1. The SMILES string of the molecule is Cc1c(F)cccc1C(=O)C1CC2CCC(C1)N2C. The number of Topliss-reactive ketones (excluding diaryl/α,β-unsaturated/α-hetero) is 1. The van der Waals surface area contributed by atoms with Crippen LogP contribution in [0.3, 0.4) is 0 Å². The number of fused-ring (bicyclic) bond motifs is 2. The highest BCUT2D eigenvalue weighted by molar-refractivity contribution is 5.99. The van der Waals surface area contributed by atoms with Gasteiger partial charge in [0.2, 0.25) is 0 Å². The summed E-state index contributed by atoms with van der Waals surface area (Å²) in [6.07, 6.45) is 4.27. The molecule has 0 aliphatic carbocycles. The summed E-state index contributed by atoms with van der Waals surface area (Å²) in [5, 5.41) is 0. The van der Waals surface area contributed by atoms with Crippen LogP contribution >= 0.6 is 0 Å². The van der Waals surface area contributed by atoms with Gasteiger partial charge in [0.05, 0.1) is 0 Å². The number of rotatable bonds is 2. The molecule has 19 heavy (non-hydrogen) atoms. The van der Waals surface area contributed by atoms with Crippen LogP contribution in [0.25, 0.3) is 0 Å². The number of nitrogens with zero attached hydrogens (tertiary/aromatic N) is 1. The average molecular weight is 261 g/mol. The van der Waals surface area contributed by atoms with Crippen molar-refractivity contribution in [2.24, 2.45) is 5.92 Å². The summed E-state index contributed by atoms with van der Waals surface area (Å²) in [4.78, 5) is 15.0. The summed E-state index contributed by atoms with van der Waals surface area (Å²) in [7, 11) is 2.16. The summed E-state index contributed by atoms with van der Waals surface area (Å²) in [5.41, 5.74) is 1.08. The van der Waals surface area contributed by atoms with Gasteiger partial charge in [-0.25, -0.2) is 4.39 Å². The highest BCUT2D eigenvalue weighted by atomic mass is 19.1. The molecule has 102 valence electrons. The van der Waals surface area contributed by atoms with Gasteiger partial charge in [-0.3, -0.25) is 4.79 Å². The van der Waals surface area contributed by atoms with Crippen molar-refractivity contribution in [2.75, 3.05) is 7.05 Å². The van der Waals surface area contributed by atoms with Gasteiger partial charge in [0.1, 0.15) is 5.82 Å². The van der Waals surface area contributed by atoms with Crippen LogP contribution in [0.4, 0.5) is 4.39 Å². The lowest BCUT2D eigenvalue weighted by atomic mass is 9.84. The molecule has 0 aromatic heterocycles. The first-order valence-corrected chi connectivity index (χ1v) is 7.09. The van der Waals surface area contributed by atoms with Gasteiger partial charge in [-0.1, -0.05) is 12.1 Å². The fraction of sp³-hybridized carbons (Fsp3) is 0.562. The fourth-order valence-electron chi connectivity index (χ4n) is 3.72. The van der Waals surface area contributed by atoms with E-state index in [-0.39, 0.29) is 17.5 Å². The van der Waals surface area contributed by atoms with E-state index in [0.29, 0.717) is 23.2 Å². The quantitative estimate of drug-likeness (QED) is 0.762. The molecule has 2 bridgehead atoms. The number of piperidine rings is 1. The summed E-state index contributed by atoms with van der Waals surface area (Å²) < 4.78 is 13.6. The highest BCUT2D eigenvalue weighted by Crippen LogP contribution is 2.38. The van der Waals surface area contributed by atoms with Crippen molar-refractivity contribution in [3.8, 4) is 0 Å². The Morgan fingerprint density at radius 1 is 1.26 bits per heavy atom. The third-order valence-electron chi connectivity index (χ3n) is 5.00. The predicted molar refractivity (Wildman–Crippen MR) is 72.8 cm³/mol. The monoisotopic (exact) mass is 261 g/mol. The second-order valence-corrected chi connectivity index (χ2v) is 6.00. The standard InChI is InChI=1S/C16H20FNO/c1-10-14(4-3-5-15(10)17)16(19)11-8-12-6-7-13(9-11)18(12)2/h3-5,11-13H,6-9H2,1-2H3. The first-order chi connectivity index (χ1) is 9.08. The molecule has 2 aliphatic heterocycles. The molecule has 3 rings (SSSR count). The van der Waals surface area contributed by atoms with Gasteiger partial charge in [0.15, 0.2) is 5.78 Å². The lowest BCUT2D eigenvalue weighted by Gasteiger charge is -2.35. The van der Waals surface area contributed by atoms with Crippen LogP contribution in [0.5, 0.6) is 0 Å². The molecule has 0 amide bonds. The molecule has 1 aromatic rings. The number of hydrogen-bond acceptors (Lipinski definition) is 2. The summed E-state index contributed by atoms with van der Waals surface area (Å²) in [6.45, 7) is 1.70. The van der Waals surface area contributed by atoms with Crippen molar-refractivity contribution in [2.45, 2.75) is 44.7 Å². The number of carbonyl (C=O) groups excluding carboxylic acids is 1. The Labute approximate surface area is 113 Å². The van der Waals surface area contributed by atoms with Crippen molar-refractivity contribution < 1.29 is 9.18 Å². The topological polar surface area (TPSA) is 20.3 Å². The second kappa shape index (κ2) is 4.71. The molecule has 2 fully saturated rings. The van der Waals surface area contributed by atoms with Gasteiger partial charge in [0.25, 0.3) is 0 Å². The van der Waals surface area contributed by atoms with E-state index >= 15 is 0 Å². The number of carbonyl (C=O) groups is 1. The van der Waals surface area contributed by atoms with Crippen LogP contribution < -0.4 is 0 Å². The fourth-order valence-corrected chi connectivity index (χ4v) is 3.72. The molecule has 0 spiro atoms. The molecule has 0 N–H and O–H groups in total. The normalized spacial score (nSPS) is 30.6. The Kier molecular flexibility index (Phi) is 3.17. The summed E-state index contributed by atoms with van der Waals surface area (Å²) >= 11 is 0. The van der Waals surface area contributed by atoms with Gasteiger partial charge in [-0.2, -0.15) is 0 Å². The van der Waals surface area contributed by atoms with Gasteiger partial charge >= 0.3 is 0 Å². The molecular formula is C16H20FNO. The number of hydrogen-bond donors (Lipinski definition) is 0. The zero-order valence-corrected chi connectivity index (χ0v) is 11.5. The first-order valence-electron chi connectivity index (χ1n) is 7.09. The van der Waals surface area contributed by atoms with Gasteiger partial charge in [-0.15, -0.1) is 0 Å². The van der Waals surface area contributed by atoms with E-state index in [1.54, 1.807) is 19.1 Å². The van der Waals surface area contributed by atoms with Crippen molar-refractivity contribution in [3.05, 3.63) is 35.1 Å². The van der Waals surface area contributed by atoms with E-state index < -0.39 is 0 Å². The van der Waals surface area contributed by atoms with E-state index in [0.717, 1.165) is 12.8 Å². The maximum Gasteiger partial charge on any atom is 0.166 e. The summed E-state index contributed by atoms with van der Waals surface area (Å²) in [5.74, 6) is -0.0575. The minimum Gasteiger partial charge on any atom is -0.300 e. The Balaban J connectivity index is 1.84. The molecular weight excluding hydrogens is 241 g/mol. The third-order valence-corrected chi connectivity index (χ3v) is 5.00. The van der Waals surface area contributed by atoms with E-state index in [1.807, 2.05) is 0 Å². The highest BCUT2D eigenvalue weighted by Gasteiger charge is 2.41. The van der Waals surface area contributed by atoms with Gasteiger partial charge in [0, 0.05) is 23.6 Å². The predicted octanol–water partition coefficient (Wildman–Crippen LogP) is 3.19. The van der Waals surface area contributed by atoms with Crippen molar-refractivity contribution >= 4 is 5.78 Å². The molecule has 2 aliphatic rings. The van der Waals surface area contributed by atoms with Crippen molar-refractivity contribution in [1.82, 2.24) is 4.90 Å². The molecule has 0 radical (unpaired) electrons. The number of ketones is 1. The van der Waals surface area contributed by atoms with Crippen LogP contribution in [-0.4, -0.2) is 29.8 Å². The Morgan fingerprint density at radius 3 is 2.53 bits per heavy atom. The number of halogens is 1. The van der Waals surface area contributed by atoms with Crippen LogP contribution in [0.2, 0.25) is 0 Å². The molecule has 2 atom stereocenters. The molecule has 2 nitrogen and oxygen atoms in total. The van der Waals surface area contributed by atoms with E-state index in [9.17, 15) is 9.18 Å². The van der Waals surface area contributed by atoms with Gasteiger partial charge in [-0.05, 0) is 51.3 Å². The molecule has 1 aromatic carbocycles. The minimum atomic E-state index is -0.276. The Morgan fingerprint density at radius 2 is 1.89 bits per heavy atom. The first kappa shape index (κ1) is 12.8. The van der Waals surface area contributed by atoms with E-state index in [4.69, 9.17) is 0 Å². The Bertz CT molecular complexity index is 499. The third kappa shape index (κ3) is 2.10. The van der Waals surface area contributed by atoms with Crippen LogP contribution in [0, 0.1) is 18.7 Å². The van der Waals surface area contributed by atoms with Crippen molar-refractivity contribution in [1.29, 1.82) is 0 Å². The Hall–Kier alpha value is -1.22. The smallest absolute Gasteiger partial charge is 0.166 e. The maximum atomic E-state index is 13.6. The molecule has 2 heterocycles. The molecule has 0 saturated carbocycles. The van der Waals surface area contributed by atoms with Crippen LogP contribution in [0.15, 0.2) is 18.2 Å². The summed E-state index contributed by atoms with van der Waals surface area (Å²) in [6, 6.07) is 5.91. The molecule has 2 saturated heterocycles. The minimum absolute atomic E-state index is 0.0780. The van der Waals surface area contributed by atoms with Crippen molar-refractivity contribution in [3.63, 3.8) is 0 Å². The van der Waals surface area contributed by atoms with Gasteiger partial charge < -0.3 is 4.90 Å². The molecule has 2 unspecified atom stereocenters. The largest absolute Gasteiger partial charge is 0.300 e. The lowest BCUT2D eigenvalue weighted by molar-refractivity contribution is 0.0766. The van der Waals surface area contributed by atoms with E-state index in [1.165, 1.54) is 18.9 Å². The van der Waals surface area contributed by atoms with Crippen LogP contribution in [0.1, 0.15) is 41.6 Å². The zero-order valence-electron chi connectivity index (χ0n) is 11.5. The van der Waals surface area contributed by atoms with Crippen LogP contribution in [-0.2, 0) is 0 Å². The maximum absolute atomic E-state index is 13.6.